The molecule has 2 aliphatic heterocycles. The van der Waals surface area contributed by atoms with Crippen LogP contribution in [0.1, 0.15) is 62.9 Å². The van der Waals surface area contributed by atoms with E-state index in [4.69, 9.17) is 10.5 Å². The number of primary amides is 1. The Labute approximate surface area is 183 Å². The Balaban J connectivity index is 0.00000218. The van der Waals surface area contributed by atoms with Gasteiger partial charge in [-0.25, -0.2) is 4.79 Å². The van der Waals surface area contributed by atoms with E-state index in [1.54, 1.807) is 0 Å². The summed E-state index contributed by atoms with van der Waals surface area (Å²) in [5.41, 5.74) is 7.77. The zero-order valence-electron chi connectivity index (χ0n) is 17.6. The van der Waals surface area contributed by atoms with Gasteiger partial charge in [-0.1, -0.05) is 32.1 Å². The molecule has 0 bridgehead atoms. The number of carbonyl (C=O) groups excluding carboxylic acids is 2. The van der Waals surface area contributed by atoms with Gasteiger partial charge in [0.25, 0.3) is 0 Å². The molecule has 1 saturated carbocycles. The molecule has 3 aliphatic rings. The molecule has 2 aromatic rings. The van der Waals surface area contributed by atoms with Gasteiger partial charge >= 0.3 is 5.97 Å². The molecular weight excluding hydrogens is 402 g/mol. The lowest BCUT2D eigenvalue weighted by atomic mass is 9.76. The van der Waals surface area contributed by atoms with Crippen LogP contribution in [0.25, 0.3) is 10.9 Å². The lowest BCUT2D eigenvalue weighted by Crippen LogP contribution is -2.46. The summed E-state index contributed by atoms with van der Waals surface area (Å²) >= 11 is 0. The number of halogens is 1. The minimum Gasteiger partial charge on any atom is -0.434 e. The average molecular weight is 432 g/mol. The fraction of sp³-hybridized carbons (Fsp3) is 0.565. The van der Waals surface area contributed by atoms with E-state index < -0.39 is 5.72 Å². The largest absolute Gasteiger partial charge is 0.434 e. The number of nitrogens with zero attached hydrogens (tertiary/aromatic N) is 2. The van der Waals surface area contributed by atoms with Crippen molar-refractivity contribution in [2.24, 2.45) is 17.6 Å². The Morgan fingerprint density at radius 3 is 2.57 bits per heavy atom. The van der Waals surface area contributed by atoms with Crippen LogP contribution in [0.2, 0.25) is 0 Å². The Hall–Kier alpha value is -2.21. The Morgan fingerprint density at radius 2 is 1.87 bits per heavy atom. The lowest BCUT2D eigenvalue weighted by molar-refractivity contribution is -0.120. The maximum Gasteiger partial charge on any atom is 0.357 e. The second kappa shape index (κ2) is 7.49. The van der Waals surface area contributed by atoms with Gasteiger partial charge in [-0.05, 0) is 56.4 Å². The third-order valence-corrected chi connectivity index (χ3v) is 7.20. The van der Waals surface area contributed by atoms with Gasteiger partial charge in [-0.2, -0.15) is 0 Å². The number of hydrogen-bond acceptors (Lipinski definition) is 4. The van der Waals surface area contributed by atoms with Crippen molar-refractivity contribution in [3.05, 3.63) is 30.0 Å². The van der Waals surface area contributed by atoms with E-state index in [1.807, 2.05) is 36.6 Å². The van der Waals surface area contributed by atoms with Crippen LogP contribution in [0.5, 0.6) is 0 Å². The number of esters is 1. The summed E-state index contributed by atoms with van der Waals surface area (Å²) in [5, 5.41) is 0.992. The van der Waals surface area contributed by atoms with Crippen molar-refractivity contribution in [3.63, 3.8) is 0 Å². The first-order chi connectivity index (χ1) is 13.9. The van der Waals surface area contributed by atoms with Crippen LogP contribution in [-0.4, -0.2) is 29.0 Å². The highest BCUT2D eigenvalue weighted by Gasteiger charge is 2.43. The number of hydrogen-bond donors (Lipinski definition) is 1. The van der Waals surface area contributed by atoms with Gasteiger partial charge in [0.1, 0.15) is 11.7 Å². The highest BCUT2D eigenvalue weighted by atomic mass is 35.5. The summed E-state index contributed by atoms with van der Waals surface area (Å²) in [5.74, 6) is 0.434. The van der Waals surface area contributed by atoms with Crippen molar-refractivity contribution < 1.29 is 14.3 Å². The number of amides is 1. The zero-order chi connectivity index (χ0) is 20.3. The van der Waals surface area contributed by atoms with Crippen LogP contribution in [0.3, 0.4) is 0 Å². The minimum atomic E-state index is -0.689. The predicted molar refractivity (Wildman–Crippen MR) is 119 cm³/mol. The van der Waals surface area contributed by atoms with Gasteiger partial charge in [0, 0.05) is 17.6 Å². The Kier molecular flexibility index (Phi) is 5.25. The number of nitrogens with two attached hydrogens (primary N) is 1. The van der Waals surface area contributed by atoms with Crippen molar-refractivity contribution in [1.29, 1.82) is 0 Å². The van der Waals surface area contributed by atoms with E-state index >= 15 is 0 Å². The molecule has 0 radical (unpaired) electrons. The SMILES string of the molecule is CC1(C)OC(=O)c2cc3cc(N4CC[C@@H](C5CCCCC5)[C@H]4C(N)=O)ccc3n21.Cl. The van der Waals surface area contributed by atoms with Crippen molar-refractivity contribution >= 4 is 40.9 Å². The molecular formula is C23H30ClN3O3. The molecule has 162 valence electrons. The topological polar surface area (TPSA) is 77.6 Å². The number of ether oxygens (including phenoxy) is 1. The van der Waals surface area contributed by atoms with Gasteiger partial charge in [0.15, 0.2) is 5.72 Å². The van der Waals surface area contributed by atoms with Gasteiger partial charge in [0.2, 0.25) is 5.91 Å². The summed E-state index contributed by atoms with van der Waals surface area (Å²) in [6.07, 6.45) is 7.28. The third-order valence-electron chi connectivity index (χ3n) is 7.20. The van der Waals surface area contributed by atoms with E-state index in [2.05, 4.69) is 11.0 Å². The number of rotatable bonds is 3. The van der Waals surface area contributed by atoms with Gasteiger partial charge in [0.05, 0.1) is 5.52 Å². The fourth-order valence-electron chi connectivity index (χ4n) is 5.96. The van der Waals surface area contributed by atoms with Crippen LogP contribution >= 0.6 is 12.4 Å². The van der Waals surface area contributed by atoms with Crippen LogP contribution < -0.4 is 10.6 Å². The molecule has 1 aliphatic carbocycles. The number of cyclic esters (lactones) is 1. The van der Waals surface area contributed by atoms with E-state index in [0.29, 0.717) is 17.5 Å². The molecule has 1 aromatic heterocycles. The van der Waals surface area contributed by atoms with Crippen LogP contribution in [0.4, 0.5) is 5.69 Å². The molecule has 2 atom stereocenters. The minimum absolute atomic E-state index is 0. The smallest absolute Gasteiger partial charge is 0.357 e. The standard InChI is InChI=1S/C23H29N3O3.ClH/c1-23(2)26-18-9-8-16(12-15(18)13-19(26)22(28)29-23)25-11-10-17(20(25)21(24)27)14-6-4-3-5-7-14;/h8-9,12-14,17,20H,3-7,10-11H2,1-2H3,(H2,24,27);1H/t17-,20-;/m0./s1. The number of fused-ring (bicyclic) bond motifs is 3. The van der Waals surface area contributed by atoms with E-state index in [9.17, 15) is 9.59 Å². The Bertz CT molecular complexity index is 993. The predicted octanol–water partition coefficient (Wildman–Crippen LogP) is 4.19. The fourth-order valence-corrected chi connectivity index (χ4v) is 5.96. The monoisotopic (exact) mass is 431 g/mol. The van der Waals surface area contributed by atoms with E-state index in [0.717, 1.165) is 29.6 Å². The van der Waals surface area contributed by atoms with Crippen molar-refractivity contribution in [1.82, 2.24) is 4.57 Å². The van der Waals surface area contributed by atoms with Crippen LogP contribution in [0.15, 0.2) is 24.3 Å². The van der Waals surface area contributed by atoms with Gasteiger partial charge in [-0.3, -0.25) is 9.36 Å². The van der Waals surface area contributed by atoms with Crippen molar-refractivity contribution in [3.8, 4) is 0 Å². The molecule has 0 unspecified atom stereocenters. The third kappa shape index (κ3) is 3.16. The molecule has 2 fully saturated rings. The second-order valence-corrected chi connectivity index (χ2v) is 9.34. The highest BCUT2D eigenvalue weighted by molar-refractivity contribution is 5.99. The molecule has 1 saturated heterocycles. The average Bonchev–Trinajstić information content (AvgIpc) is 3.35. The summed E-state index contributed by atoms with van der Waals surface area (Å²) in [6.45, 7) is 4.64. The quantitative estimate of drug-likeness (QED) is 0.739. The maximum atomic E-state index is 12.5. The number of anilines is 1. The van der Waals surface area contributed by atoms with Gasteiger partial charge < -0.3 is 15.4 Å². The Morgan fingerprint density at radius 1 is 1.13 bits per heavy atom. The van der Waals surface area contributed by atoms with Crippen LogP contribution in [-0.2, 0) is 15.3 Å². The number of carbonyl (C=O) groups is 2. The first kappa shape index (κ1) is 21.0. The first-order valence-electron chi connectivity index (χ1n) is 10.8. The van der Waals surface area contributed by atoms with Crippen molar-refractivity contribution in [2.45, 2.75) is 64.1 Å². The molecule has 2 N–H and O–H groups in total. The summed E-state index contributed by atoms with van der Waals surface area (Å²) in [7, 11) is 0. The normalized spacial score (nSPS) is 25.8. The molecule has 6 nitrogen and oxygen atoms in total. The van der Waals surface area contributed by atoms with Gasteiger partial charge in [-0.15, -0.1) is 12.4 Å². The molecule has 7 heteroatoms. The first-order valence-corrected chi connectivity index (χ1v) is 10.8. The molecule has 0 spiro atoms. The molecule has 3 heterocycles. The second-order valence-electron chi connectivity index (χ2n) is 9.34. The number of benzene rings is 1. The molecule has 5 rings (SSSR count). The lowest BCUT2D eigenvalue weighted by Gasteiger charge is -2.33. The highest BCUT2D eigenvalue weighted by Crippen LogP contribution is 2.42. The number of aromatic nitrogens is 1. The zero-order valence-corrected chi connectivity index (χ0v) is 18.4. The molecule has 30 heavy (non-hydrogen) atoms. The van der Waals surface area contributed by atoms with E-state index in [1.165, 1.54) is 32.1 Å². The van der Waals surface area contributed by atoms with Crippen molar-refractivity contribution in [2.75, 3.05) is 11.4 Å². The molecule has 1 aromatic carbocycles. The van der Waals surface area contributed by atoms with Crippen LogP contribution in [0, 0.1) is 11.8 Å². The summed E-state index contributed by atoms with van der Waals surface area (Å²) in [4.78, 5) is 26.9. The van der Waals surface area contributed by atoms with E-state index in [-0.39, 0.29) is 30.3 Å². The summed E-state index contributed by atoms with van der Waals surface area (Å²) < 4.78 is 7.43. The molecule has 1 amide bonds. The summed E-state index contributed by atoms with van der Waals surface area (Å²) in [6, 6.07) is 7.82. The maximum absolute atomic E-state index is 12.5.